The largest absolute Gasteiger partial charge is 0.452 e. The Kier molecular flexibility index (Phi) is 5.75. The molecule has 2 aromatic rings. The van der Waals surface area contributed by atoms with Gasteiger partial charge in [0.2, 0.25) is 0 Å². The molecule has 0 spiro atoms. The molecule has 0 saturated heterocycles. The van der Waals surface area contributed by atoms with E-state index in [0.29, 0.717) is 11.6 Å². The third-order valence-corrected chi connectivity index (χ3v) is 3.23. The number of pyridine rings is 1. The number of amides is 1. The number of ether oxygens (including phenoxy) is 1. The van der Waals surface area contributed by atoms with Gasteiger partial charge in [-0.3, -0.25) is 4.79 Å². The molecule has 114 valence electrons. The third kappa shape index (κ3) is 4.72. The zero-order valence-corrected chi connectivity index (χ0v) is 12.9. The number of esters is 1. The van der Waals surface area contributed by atoms with E-state index in [0.717, 1.165) is 5.56 Å². The van der Waals surface area contributed by atoms with Gasteiger partial charge < -0.3 is 10.1 Å². The summed E-state index contributed by atoms with van der Waals surface area (Å²) in [6, 6.07) is 10.1. The number of halogens is 2. The van der Waals surface area contributed by atoms with Crippen molar-refractivity contribution in [3.05, 3.63) is 63.9 Å². The van der Waals surface area contributed by atoms with E-state index in [1.54, 1.807) is 24.3 Å². The summed E-state index contributed by atoms with van der Waals surface area (Å²) in [4.78, 5) is 27.2. The average Bonchev–Trinajstić information content (AvgIpc) is 2.51. The molecule has 0 fully saturated rings. The zero-order valence-electron chi connectivity index (χ0n) is 11.4. The number of nitrogens with zero attached hydrogens (tertiary/aromatic N) is 1. The number of hydrogen-bond donors (Lipinski definition) is 1. The van der Waals surface area contributed by atoms with Crippen LogP contribution in [0.4, 0.5) is 0 Å². The highest BCUT2D eigenvalue weighted by molar-refractivity contribution is 6.32. The molecule has 0 aliphatic heterocycles. The number of carbonyl (C=O) groups excluding carboxylic acids is 2. The van der Waals surface area contributed by atoms with Crippen LogP contribution in [0.25, 0.3) is 0 Å². The van der Waals surface area contributed by atoms with Crippen LogP contribution in [0.15, 0.2) is 42.6 Å². The lowest BCUT2D eigenvalue weighted by atomic mass is 10.2. The molecule has 22 heavy (non-hydrogen) atoms. The standard InChI is InChI=1S/C15H12Cl2N2O3/c16-11-4-1-3-10(7-11)8-19-13(20)9-22-15(21)12-5-2-6-18-14(12)17/h1-7H,8-9H2,(H,19,20). The second-order valence-corrected chi connectivity index (χ2v) is 5.12. The topological polar surface area (TPSA) is 68.3 Å². The van der Waals surface area contributed by atoms with Crippen LogP contribution in [0.5, 0.6) is 0 Å². The third-order valence-electron chi connectivity index (χ3n) is 2.69. The highest BCUT2D eigenvalue weighted by Crippen LogP contribution is 2.12. The van der Waals surface area contributed by atoms with Gasteiger partial charge in [-0.05, 0) is 29.8 Å². The van der Waals surface area contributed by atoms with Gasteiger partial charge in [0.15, 0.2) is 6.61 Å². The lowest BCUT2D eigenvalue weighted by Crippen LogP contribution is -2.28. The number of nitrogens with one attached hydrogen (secondary N) is 1. The average molecular weight is 339 g/mol. The molecule has 0 bridgehead atoms. The maximum absolute atomic E-state index is 11.7. The van der Waals surface area contributed by atoms with Crippen molar-refractivity contribution in [3.63, 3.8) is 0 Å². The first kappa shape index (κ1) is 16.3. The van der Waals surface area contributed by atoms with Crippen LogP contribution < -0.4 is 5.32 Å². The molecule has 0 aliphatic carbocycles. The number of benzene rings is 1. The fraction of sp³-hybridized carbons (Fsp3) is 0.133. The predicted molar refractivity (Wildman–Crippen MR) is 82.8 cm³/mol. The van der Waals surface area contributed by atoms with Crippen LogP contribution in [0, 0.1) is 0 Å². The molecular weight excluding hydrogens is 327 g/mol. The quantitative estimate of drug-likeness (QED) is 0.672. The summed E-state index contributed by atoms with van der Waals surface area (Å²) in [6.07, 6.45) is 1.46. The molecule has 2 rings (SSSR count). The Morgan fingerprint density at radius 1 is 1.18 bits per heavy atom. The van der Waals surface area contributed by atoms with Gasteiger partial charge in [0.1, 0.15) is 5.15 Å². The fourth-order valence-electron chi connectivity index (χ4n) is 1.65. The first-order chi connectivity index (χ1) is 10.6. The summed E-state index contributed by atoms with van der Waals surface area (Å²) in [5.41, 5.74) is 0.967. The first-order valence-electron chi connectivity index (χ1n) is 6.35. The van der Waals surface area contributed by atoms with Gasteiger partial charge in [-0.15, -0.1) is 0 Å². The van der Waals surface area contributed by atoms with Gasteiger partial charge >= 0.3 is 5.97 Å². The number of aromatic nitrogens is 1. The highest BCUT2D eigenvalue weighted by Gasteiger charge is 2.13. The molecule has 5 nitrogen and oxygen atoms in total. The zero-order chi connectivity index (χ0) is 15.9. The van der Waals surface area contributed by atoms with Gasteiger partial charge in [0.25, 0.3) is 5.91 Å². The Bertz CT molecular complexity index is 692. The van der Waals surface area contributed by atoms with Crippen LogP contribution >= 0.6 is 23.2 Å². The van der Waals surface area contributed by atoms with Gasteiger partial charge in [-0.1, -0.05) is 35.3 Å². The normalized spacial score (nSPS) is 10.1. The van der Waals surface area contributed by atoms with Crippen LogP contribution in [-0.2, 0) is 16.1 Å². The molecule has 0 aliphatic rings. The van der Waals surface area contributed by atoms with E-state index < -0.39 is 18.5 Å². The smallest absolute Gasteiger partial charge is 0.341 e. The summed E-state index contributed by atoms with van der Waals surface area (Å²) < 4.78 is 4.88. The molecule has 1 heterocycles. The molecule has 1 amide bonds. The molecular formula is C15H12Cl2N2O3. The van der Waals surface area contributed by atoms with Crippen molar-refractivity contribution >= 4 is 35.1 Å². The van der Waals surface area contributed by atoms with Crippen molar-refractivity contribution < 1.29 is 14.3 Å². The lowest BCUT2D eigenvalue weighted by molar-refractivity contribution is -0.124. The first-order valence-corrected chi connectivity index (χ1v) is 7.10. The lowest BCUT2D eigenvalue weighted by Gasteiger charge is -2.07. The molecule has 0 radical (unpaired) electrons. The van der Waals surface area contributed by atoms with Crippen molar-refractivity contribution in [1.82, 2.24) is 10.3 Å². The summed E-state index contributed by atoms with van der Waals surface area (Å²) in [5.74, 6) is -1.12. The monoisotopic (exact) mass is 338 g/mol. The molecule has 0 unspecified atom stereocenters. The predicted octanol–water partition coefficient (Wildman–Crippen LogP) is 2.86. The molecule has 7 heteroatoms. The Balaban J connectivity index is 1.81. The Labute approximate surface area is 137 Å². The molecule has 0 atom stereocenters. The SMILES string of the molecule is O=C(COC(=O)c1cccnc1Cl)NCc1cccc(Cl)c1. The number of rotatable bonds is 5. The van der Waals surface area contributed by atoms with E-state index in [1.807, 2.05) is 6.07 Å². The van der Waals surface area contributed by atoms with Crippen LogP contribution in [0.3, 0.4) is 0 Å². The Hall–Kier alpha value is -2.11. The van der Waals surface area contributed by atoms with Crippen molar-refractivity contribution in [2.45, 2.75) is 6.54 Å². The molecule has 1 N–H and O–H groups in total. The Morgan fingerprint density at radius 3 is 2.73 bits per heavy atom. The van der Waals surface area contributed by atoms with E-state index in [-0.39, 0.29) is 10.7 Å². The van der Waals surface area contributed by atoms with E-state index in [2.05, 4.69) is 10.3 Å². The van der Waals surface area contributed by atoms with E-state index in [1.165, 1.54) is 12.3 Å². The van der Waals surface area contributed by atoms with Crippen molar-refractivity contribution in [2.75, 3.05) is 6.61 Å². The highest BCUT2D eigenvalue weighted by atomic mass is 35.5. The molecule has 1 aromatic carbocycles. The van der Waals surface area contributed by atoms with E-state index in [9.17, 15) is 9.59 Å². The van der Waals surface area contributed by atoms with Crippen molar-refractivity contribution in [2.24, 2.45) is 0 Å². The minimum absolute atomic E-state index is 0.0341. The summed E-state index contributed by atoms with van der Waals surface area (Å²) in [7, 11) is 0. The van der Waals surface area contributed by atoms with Crippen LogP contribution in [0.2, 0.25) is 10.2 Å². The van der Waals surface area contributed by atoms with Gasteiger partial charge in [0.05, 0.1) is 5.56 Å². The van der Waals surface area contributed by atoms with Gasteiger partial charge in [-0.2, -0.15) is 0 Å². The van der Waals surface area contributed by atoms with Crippen molar-refractivity contribution in [3.8, 4) is 0 Å². The Morgan fingerprint density at radius 2 is 2.00 bits per heavy atom. The van der Waals surface area contributed by atoms with Crippen LogP contribution in [-0.4, -0.2) is 23.5 Å². The second-order valence-electron chi connectivity index (χ2n) is 4.32. The van der Waals surface area contributed by atoms with Crippen molar-refractivity contribution in [1.29, 1.82) is 0 Å². The van der Waals surface area contributed by atoms with Gasteiger partial charge in [-0.25, -0.2) is 9.78 Å². The van der Waals surface area contributed by atoms with E-state index in [4.69, 9.17) is 27.9 Å². The minimum Gasteiger partial charge on any atom is -0.452 e. The minimum atomic E-state index is -0.698. The van der Waals surface area contributed by atoms with E-state index >= 15 is 0 Å². The van der Waals surface area contributed by atoms with Crippen LogP contribution in [0.1, 0.15) is 15.9 Å². The molecule has 1 aromatic heterocycles. The molecule has 0 saturated carbocycles. The second kappa shape index (κ2) is 7.77. The number of carbonyl (C=O) groups is 2. The summed E-state index contributed by atoms with van der Waals surface area (Å²) in [5, 5.41) is 3.25. The maximum Gasteiger partial charge on any atom is 0.341 e. The fourth-order valence-corrected chi connectivity index (χ4v) is 2.06. The van der Waals surface area contributed by atoms with Gasteiger partial charge in [0, 0.05) is 17.8 Å². The summed E-state index contributed by atoms with van der Waals surface area (Å²) >= 11 is 11.6. The number of hydrogen-bond acceptors (Lipinski definition) is 4. The maximum atomic E-state index is 11.7. The summed E-state index contributed by atoms with van der Waals surface area (Å²) in [6.45, 7) is -0.102.